The number of aromatic nitrogens is 3. The number of aliphatic carboxylic acids is 1. The van der Waals surface area contributed by atoms with Gasteiger partial charge in [-0.2, -0.15) is 0 Å². The normalized spacial score (nSPS) is 12.4. The maximum atomic E-state index is 10.9. The Balaban J connectivity index is 1.71. The van der Waals surface area contributed by atoms with E-state index < -0.39 is 5.97 Å². The summed E-state index contributed by atoms with van der Waals surface area (Å²) in [5.41, 5.74) is 2.25. The minimum atomic E-state index is -0.879. The van der Waals surface area contributed by atoms with Crippen LogP contribution in [0.4, 0.5) is 11.4 Å². The minimum absolute atomic E-state index is 0.0543. The number of carbonyl (C=O) groups is 1. The second-order valence-corrected chi connectivity index (χ2v) is 8.13. The summed E-state index contributed by atoms with van der Waals surface area (Å²) in [6, 6.07) is 16.6. The topological polar surface area (TPSA) is 71.2 Å². The number of benzene rings is 2. The predicted octanol–water partition coefficient (Wildman–Crippen LogP) is 4.44. The Morgan fingerprint density at radius 1 is 1.11 bits per heavy atom. The zero-order valence-electron chi connectivity index (χ0n) is 15.0. The molecular weight excluding hydrogens is 392 g/mol. The number of allylic oxidation sites excluding steroid dienone is 1. The fourth-order valence-corrected chi connectivity index (χ4v) is 4.86. The molecule has 0 amide bonds. The molecule has 1 N–H and O–H groups in total. The molecule has 0 aliphatic carbocycles. The summed E-state index contributed by atoms with van der Waals surface area (Å²) in [4.78, 5) is 15.5. The number of hydrogen-bond donors (Lipinski definition) is 1. The SMILES string of the molecule is C=CCn1c(CN2c3ccccc3Sc3ccccc32)nnc1SCC(=O)O. The van der Waals surface area contributed by atoms with E-state index in [2.05, 4.69) is 45.9 Å². The Hall–Kier alpha value is -2.71. The smallest absolute Gasteiger partial charge is 0.313 e. The van der Waals surface area contributed by atoms with Crippen molar-refractivity contribution in [2.75, 3.05) is 10.7 Å². The minimum Gasteiger partial charge on any atom is -0.481 e. The Bertz CT molecular complexity index is 989. The molecule has 1 aromatic heterocycles. The number of fused-ring (bicyclic) bond motifs is 2. The highest BCUT2D eigenvalue weighted by atomic mass is 32.2. The molecule has 0 radical (unpaired) electrons. The number of carboxylic acid groups (broad SMARTS) is 1. The van der Waals surface area contributed by atoms with Gasteiger partial charge in [0, 0.05) is 16.3 Å². The number of rotatable bonds is 7. The molecule has 0 bridgehead atoms. The Labute approximate surface area is 171 Å². The van der Waals surface area contributed by atoms with E-state index in [-0.39, 0.29) is 5.75 Å². The van der Waals surface area contributed by atoms with Gasteiger partial charge < -0.3 is 14.6 Å². The first-order valence-electron chi connectivity index (χ1n) is 8.68. The highest BCUT2D eigenvalue weighted by molar-refractivity contribution is 8.00. The van der Waals surface area contributed by atoms with Gasteiger partial charge in [-0.05, 0) is 24.3 Å². The van der Waals surface area contributed by atoms with E-state index in [0.717, 1.165) is 17.2 Å². The molecule has 3 aromatic rings. The average molecular weight is 411 g/mol. The van der Waals surface area contributed by atoms with E-state index in [1.807, 2.05) is 28.8 Å². The van der Waals surface area contributed by atoms with Crippen LogP contribution in [0.15, 0.2) is 76.1 Å². The van der Waals surface area contributed by atoms with E-state index in [0.29, 0.717) is 18.2 Å². The second-order valence-electron chi connectivity index (χ2n) is 6.10. The number of thioether (sulfide) groups is 1. The maximum absolute atomic E-state index is 10.9. The summed E-state index contributed by atoms with van der Waals surface area (Å²) in [6.45, 7) is 4.87. The molecule has 0 unspecified atom stereocenters. The van der Waals surface area contributed by atoms with Crippen LogP contribution >= 0.6 is 23.5 Å². The average Bonchev–Trinajstić information content (AvgIpc) is 3.08. The molecule has 2 heterocycles. The number of nitrogens with zero attached hydrogens (tertiary/aromatic N) is 4. The lowest BCUT2D eigenvalue weighted by Crippen LogP contribution is -2.22. The molecule has 0 saturated heterocycles. The van der Waals surface area contributed by atoms with Gasteiger partial charge in [0.25, 0.3) is 0 Å². The molecule has 0 spiro atoms. The van der Waals surface area contributed by atoms with Crippen LogP contribution < -0.4 is 4.90 Å². The lowest BCUT2D eigenvalue weighted by atomic mass is 10.2. The van der Waals surface area contributed by atoms with Gasteiger partial charge in [-0.3, -0.25) is 4.79 Å². The van der Waals surface area contributed by atoms with Gasteiger partial charge in [0.2, 0.25) is 0 Å². The first kappa shape index (κ1) is 18.6. The molecule has 2 aromatic carbocycles. The summed E-state index contributed by atoms with van der Waals surface area (Å²) in [7, 11) is 0. The van der Waals surface area contributed by atoms with Gasteiger partial charge in [0.15, 0.2) is 11.0 Å². The Kier molecular flexibility index (Phi) is 5.40. The van der Waals surface area contributed by atoms with Crippen LogP contribution in [-0.2, 0) is 17.9 Å². The predicted molar refractivity (Wildman–Crippen MR) is 111 cm³/mol. The summed E-state index contributed by atoms with van der Waals surface area (Å²) in [5.74, 6) is -0.165. The van der Waals surface area contributed by atoms with Crippen LogP contribution in [0.5, 0.6) is 0 Å². The van der Waals surface area contributed by atoms with Gasteiger partial charge in [0.05, 0.1) is 23.7 Å². The van der Waals surface area contributed by atoms with Crippen molar-refractivity contribution in [1.82, 2.24) is 14.8 Å². The van der Waals surface area contributed by atoms with Crippen LogP contribution in [-0.4, -0.2) is 31.6 Å². The monoisotopic (exact) mass is 410 g/mol. The zero-order valence-corrected chi connectivity index (χ0v) is 16.6. The van der Waals surface area contributed by atoms with E-state index in [1.54, 1.807) is 17.8 Å². The third-order valence-corrected chi connectivity index (χ3v) is 6.34. The van der Waals surface area contributed by atoms with Crippen molar-refractivity contribution in [2.24, 2.45) is 0 Å². The highest BCUT2D eigenvalue weighted by Gasteiger charge is 2.25. The van der Waals surface area contributed by atoms with Crippen molar-refractivity contribution < 1.29 is 9.90 Å². The van der Waals surface area contributed by atoms with Gasteiger partial charge in [-0.15, -0.1) is 16.8 Å². The third-order valence-electron chi connectivity index (χ3n) is 4.26. The molecule has 8 heteroatoms. The Morgan fingerprint density at radius 3 is 2.36 bits per heavy atom. The highest BCUT2D eigenvalue weighted by Crippen LogP contribution is 2.48. The molecule has 4 rings (SSSR count). The number of para-hydroxylation sites is 2. The largest absolute Gasteiger partial charge is 0.481 e. The standard InChI is InChI=1S/C20H18N4O2S2/c1-2-11-23-18(21-22-20(23)27-13-19(25)26)12-24-14-7-3-5-9-16(14)28-17-10-6-4-8-15(17)24/h2-10H,1,11-13H2,(H,25,26). The van der Waals surface area contributed by atoms with Gasteiger partial charge in [-0.25, -0.2) is 0 Å². The summed E-state index contributed by atoms with van der Waals surface area (Å²) in [6.07, 6.45) is 1.77. The van der Waals surface area contributed by atoms with Crippen LogP contribution in [0, 0.1) is 0 Å². The van der Waals surface area contributed by atoms with Crippen molar-refractivity contribution in [2.45, 2.75) is 28.0 Å². The summed E-state index contributed by atoms with van der Waals surface area (Å²) in [5, 5.41) is 18.1. The van der Waals surface area contributed by atoms with Crippen LogP contribution in [0.3, 0.4) is 0 Å². The fraction of sp³-hybridized carbons (Fsp3) is 0.150. The molecule has 0 fully saturated rings. The van der Waals surface area contributed by atoms with Crippen molar-refractivity contribution in [1.29, 1.82) is 0 Å². The van der Waals surface area contributed by atoms with E-state index >= 15 is 0 Å². The van der Waals surface area contributed by atoms with Gasteiger partial charge >= 0.3 is 5.97 Å². The van der Waals surface area contributed by atoms with Crippen LogP contribution in [0.25, 0.3) is 0 Å². The first-order valence-corrected chi connectivity index (χ1v) is 10.5. The maximum Gasteiger partial charge on any atom is 0.313 e. The lowest BCUT2D eigenvalue weighted by Gasteiger charge is -2.32. The fourth-order valence-electron chi connectivity index (χ4n) is 3.07. The van der Waals surface area contributed by atoms with E-state index in [4.69, 9.17) is 5.11 Å². The van der Waals surface area contributed by atoms with Gasteiger partial charge in [-0.1, -0.05) is 53.9 Å². The summed E-state index contributed by atoms with van der Waals surface area (Å²) < 4.78 is 1.92. The van der Waals surface area contributed by atoms with Crippen molar-refractivity contribution in [3.63, 3.8) is 0 Å². The molecule has 1 aliphatic heterocycles. The van der Waals surface area contributed by atoms with Crippen LogP contribution in [0.2, 0.25) is 0 Å². The second kappa shape index (κ2) is 8.12. The van der Waals surface area contributed by atoms with Crippen molar-refractivity contribution in [3.05, 3.63) is 67.0 Å². The molecule has 6 nitrogen and oxygen atoms in total. The molecule has 0 saturated carbocycles. The molecule has 1 aliphatic rings. The molecular formula is C20H18N4O2S2. The number of hydrogen-bond acceptors (Lipinski definition) is 6. The number of anilines is 2. The van der Waals surface area contributed by atoms with Crippen molar-refractivity contribution in [3.8, 4) is 0 Å². The molecule has 28 heavy (non-hydrogen) atoms. The Morgan fingerprint density at radius 2 is 1.75 bits per heavy atom. The quantitative estimate of drug-likeness (QED) is 0.456. The van der Waals surface area contributed by atoms with Crippen molar-refractivity contribution >= 4 is 40.9 Å². The third kappa shape index (κ3) is 3.65. The number of carboxylic acids is 1. The van der Waals surface area contributed by atoms with E-state index in [9.17, 15) is 4.79 Å². The zero-order chi connectivity index (χ0) is 19.5. The van der Waals surface area contributed by atoms with Gasteiger partial charge in [0.1, 0.15) is 0 Å². The van der Waals surface area contributed by atoms with E-state index in [1.165, 1.54) is 21.6 Å². The summed E-state index contributed by atoms with van der Waals surface area (Å²) >= 11 is 2.93. The molecule has 142 valence electrons. The molecule has 0 atom stereocenters. The first-order chi connectivity index (χ1) is 13.7. The van der Waals surface area contributed by atoms with Crippen LogP contribution in [0.1, 0.15) is 5.82 Å². The lowest BCUT2D eigenvalue weighted by molar-refractivity contribution is -0.133.